The van der Waals surface area contributed by atoms with E-state index in [1.54, 1.807) is 30.3 Å². The van der Waals surface area contributed by atoms with Crippen molar-refractivity contribution in [2.75, 3.05) is 20.3 Å². The number of carboxylic acids is 1. The highest BCUT2D eigenvalue weighted by Crippen LogP contribution is 2.37. The van der Waals surface area contributed by atoms with Gasteiger partial charge >= 0.3 is 5.97 Å². The van der Waals surface area contributed by atoms with Gasteiger partial charge in [-0.1, -0.05) is 30.3 Å². The van der Waals surface area contributed by atoms with Crippen molar-refractivity contribution in [1.29, 1.82) is 0 Å². The summed E-state index contributed by atoms with van der Waals surface area (Å²) in [5.41, 5.74) is 1.06. The molecule has 2 aromatic carbocycles. The third-order valence-electron chi connectivity index (χ3n) is 4.27. The molecule has 0 saturated carbocycles. The summed E-state index contributed by atoms with van der Waals surface area (Å²) in [7, 11) is -2.24. The zero-order valence-electron chi connectivity index (χ0n) is 15.7. The average molecular weight is 416 g/mol. The van der Waals surface area contributed by atoms with Crippen LogP contribution in [-0.4, -0.2) is 39.8 Å². The molecule has 0 bridgehead atoms. The van der Waals surface area contributed by atoms with Gasteiger partial charge in [0.05, 0.1) is 29.8 Å². The van der Waals surface area contributed by atoms with Gasteiger partial charge in [0, 0.05) is 18.2 Å². The summed E-state index contributed by atoms with van der Waals surface area (Å²) >= 11 is 0. The number of rotatable bonds is 9. The first kappa shape index (κ1) is 20.6. The minimum absolute atomic E-state index is 0.0803. The van der Waals surface area contributed by atoms with E-state index in [1.165, 1.54) is 37.8 Å². The maximum Gasteiger partial charge on any atom is 0.339 e. The monoisotopic (exact) mass is 416 g/mol. The lowest BCUT2D eigenvalue weighted by Gasteiger charge is -2.17. The molecule has 0 atom stereocenters. The van der Waals surface area contributed by atoms with Crippen LogP contribution >= 0.6 is 0 Å². The van der Waals surface area contributed by atoms with Crippen LogP contribution in [0.5, 0.6) is 5.75 Å². The molecule has 0 radical (unpaired) electrons. The third kappa shape index (κ3) is 4.67. The number of furan rings is 1. The Bertz CT molecular complexity index is 1070. The maximum absolute atomic E-state index is 12.8. The van der Waals surface area contributed by atoms with Crippen LogP contribution < -0.4 is 4.74 Å². The molecule has 0 fully saturated rings. The summed E-state index contributed by atoms with van der Waals surface area (Å²) in [6, 6.07) is 12.7. The molecular weight excluding hydrogens is 396 g/mol. The molecule has 152 valence electrons. The number of benzene rings is 2. The average Bonchev–Trinajstić information content (AvgIpc) is 3.23. The van der Waals surface area contributed by atoms with Crippen LogP contribution in [0, 0.1) is 0 Å². The molecule has 0 saturated heterocycles. The number of hydrogen-bond acceptors (Lipinski definition) is 6. The van der Waals surface area contributed by atoms with E-state index >= 15 is 0 Å². The van der Waals surface area contributed by atoms with Crippen LogP contribution in [0.3, 0.4) is 0 Å². The molecule has 0 aliphatic rings. The molecule has 1 aromatic heterocycles. The van der Waals surface area contributed by atoms with Crippen molar-refractivity contribution in [2.45, 2.75) is 10.6 Å². The van der Waals surface area contributed by atoms with E-state index in [0.29, 0.717) is 11.1 Å². The Hall–Kier alpha value is -3.10. The molecule has 1 heterocycles. The fraction of sp³-hybridized carbons (Fsp3) is 0.190. The van der Waals surface area contributed by atoms with Gasteiger partial charge in [-0.15, -0.1) is 0 Å². The van der Waals surface area contributed by atoms with Crippen LogP contribution in [0.2, 0.25) is 0 Å². The molecule has 0 aliphatic carbocycles. The van der Waals surface area contributed by atoms with Crippen LogP contribution in [0.4, 0.5) is 0 Å². The number of ether oxygens (including phenoxy) is 2. The minimum atomic E-state index is -3.74. The first-order valence-electron chi connectivity index (χ1n) is 8.75. The second-order valence-corrected chi connectivity index (χ2v) is 8.20. The van der Waals surface area contributed by atoms with E-state index in [0.717, 1.165) is 0 Å². The van der Waals surface area contributed by atoms with Crippen molar-refractivity contribution in [2.24, 2.45) is 0 Å². The normalized spacial score (nSPS) is 11.3. The Morgan fingerprint density at radius 1 is 1.07 bits per heavy atom. The Morgan fingerprint density at radius 3 is 2.45 bits per heavy atom. The van der Waals surface area contributed by atoms with Crippen LogP contribution in [0.1, 0.15) is 15.9 Å². The Balaban J connectivity index is 2.10. The number of hydrogen-bond donors (Lipinski definition) is 1. The van der Waals surface area contributed by atoms with Crippen molar-refractivity contribution in [3.05, 3.63) is 72.2 Å². The van der Waals surface area contributed by atoms with E-state index in [2.05, 4.69) is 0 Å². The number of carbonyl (C=O) groups is 1. The summed E-state index contributed by atoms with van der Waals surface area (Å²) in [6.07, 6.45) is 2.92. The van der Waals surface area contributed by atoms with Crippen molar-refractivity contribution < 1.29 is 32.2 Å². The fourth-order valence-corrected chi connectivity index (χ4v) is 4.30. The van der Waals surface area contributed by atoms with Crippen molar-refractivity contribution in [3.63, 3.8) is 0 Å². The van der Waals surface area contributed by atoms with Crippen LogP contribution in [-0.2, 0) is 20.3 Å². The summed E-state index contributed by atoms with van der Waals surface area (Å²) in [5.74, 6) is -1.66. The van der Waals surface area contributed by atoms with Crippen molar-refractivity contribution in [3.8, 4) is 16.9 Å². The van der Waals surface area contributed by atoms with Gasteiger partial charge in [0.2, 0.25) is 0 Å². The van der Waals surface area contributed by atoms with Crippen LogP contribution in [0.25, 0.3) is 11.1 Å². The summed E-state index contributed by atoms with van der Waals surface area (Å²) in [4.78, 5) is 12.2. The van der Waals surface area contributed by atoms with Crippen molar-refractivity contribution >= 4 is 15.8 Å². The summed E-state index contributed by atoms with van der Waals surface area (Å²) < 4.78 is 41.4. The quantitative estimate of drug-likeness (QED) is 0.531. The summed E-state index contributed by atoms with van der Waals surface area (Å²) in [5, 5.41) is 9.86. The second-order valence-electron chi connectivity index (χ2n) is 6.21. The molecule has 29 heavy (non-hydrogen) atoms. The van der Waals surface area contributed by atoms with Crippen LogP contribution in [0.15, 0.2) is 70.4 Å². The lowest BCUT2D eigenvalue weighted by Crippen LogP contribution is -2.14. The van der Waals surface area contributed by atoms with E-state index in [1.807, 2.05) is 0 Å². The van der Waals surface area contributed by atoms with Gasteiger partial charge in [-0.05, 0) is 23.8 Å². The van der Waals surface area contributed by atoms with E-state index in [-0.39, 0.29) is 35.0 Å². The van der Waals surface area contributed by atoms with E-state index < -0.39 is 21.6 Å². The molecular formula is C21H20O7S. The zero-order valence-corrected chi connectivity index (χ0v) is 16.5. The lowest BCUT2D eigenvalue weighted by molar-refractivity contribution is 0.0689. The van der Waals surface area contributed by atoms with Gasteiger partial charge < -0.3 is 19.0 Å². The highest BCUT2D eigenvalue weighted by atomic mass is 32.2. The van der Waals surface area contributed by atoms with Gasteiger partial charge in [0.15, 0.2) is 9.84 Å². The van der Waals surface area contributed by atoms with Gasteiger partial charge in [0.25, 0.3) is 0 Å². The lowest BCUT2D eigenvalue weighted by atomic mass is 9.99. The van der Waals surface area contributed by atoms with Gasteiger partial charge in [-0.25, -0.2) is 13.2 Å². The molecule has 0 unspecified atom stereocenters. The Kier molecular flexibility index (Phi) is 6.36. The molecule has 8 heteroatoms. The Labute approximate surface area is 168 Å². The molecule has 0 amide bonds. The molecule has 0 aliphatic heterocycles. The number of sulfone groups is 1. The maximum atomic E-state index is 12.8. The zero-order chi connectivity index (χ0) is 20.9. The molecule has 3 rings (SSSR count). The van der Waals surface area contributed by atoms with E-state index in [4.69, 9.17) is 13.9 Å². The highest BCUT2D eigenvalue weighted by molar-refractivity contribution is 7.90. The molecule has 3 aromatic rings. The number of methoxy groups -OCH3 is 1. The van der Waals surface area contributed by atoms with E-state index in [9.17, 15) is 18.3 Å². The minimum Gasteiger partial charge on any atom is -0.490 e. The first-order valence-corrected chi connectivity index (χ1v) is 10.4. The number of aromatic carboxylic acids is 1. The topological polar surface area (TPSA) is 103 Å². The SMILES string of the molecule is COCCOc1c(-c2ccoc2)ccc(CS(=O)(=O)c2ccccc2)c1C(=O)O. The van der Waals surface area contributed by atoms with Gasteiger partial charge in [-0.3, -0.25) is 0 Å². The summed E-state index contributed by atoms with van der Waals surface area (Å²) in [6.45, 7) is 0.354. The van der Waals surface area contributed by atoms with Gasteiger partial charge in [0.1, 0.15) is 17.9 Å². The Morgan fingerprint density at radius 2 is 1.83 bits per heavy atom. The number of carboxylic acid groups (broad SMARTS) is 1. The van der Waals surface area contributed by atoms with Crippen molar-refractivity contribution in [1.82, 2.24) is 0 Å². The molecule has 1 N–H and O–H groups in total. The highest BCUT2D eigenvalue weighted by Gasteiger charge is 2.26. The predicted molar refractivity (Wildman–Crippen MR) is 106 cm³/mol. The largest absolute Gasteiger partial charge is 0.490 e. The smallest absolute Gasteiger partial charge is 0.339 e. The standard InChI is InChI=1S/C21H20O7S/c1-26-11-12-28-20-18(15-9-10-27-13-15)8-7-16(19(20)21(22)23)14-29(24,25)17-5-3-2-4-6-17/h2-10,13H,11-12,14H2,1H3,(H,22,23). The molecule has 7 nitrogen and oxygen atoms in total. The third-order valence-corrected chi connectivity index (χ3v) is 5.95. The fourth-order valence-electron chi connectivity index (χ4n) is 2.92. The second kappa shape index (κ2) is 8.93. The predicted octanol–water partition coefficient (Wildman–Crippen LogP) is 3.64. The first-order chi connectivity index (χ1) is 13.9. The molecule has 0 spiro atoms. The van der Waals surface area contributed by atoms with Gasteiger partial charge in [-0.2, -0.15) is 0 Å².